The molecule has 0 unspecified atom stereocenters. The van der Waals surface area contributed by atoms with Gasteiger partial charge >= 0.3 is 0 Å². The van der Waals surface area contributed by atoms with Gasteiger partial charge in [-0.15, -0.1) is 0 Å². The molecule has 0 saturated carbocycles. The van der Waals surface area contributed by atoms with Gasteiger partial charge in [0.1, 0.15) is 5.82 Å². The van der Waals surface area contributed by atoms with E-state index >= 15 is 0 Å². The Balaban J connectivity index is 1.65. The minimum atomic E-state index is -0.295. The zero-order valence-corrected chi connectivity index (χ0v) is 17.2. The molecule has 1 fully saturated rings. The first-order chi connectivity index (χ1) is 13.9. The van der Waals surface area contributed by atoms with Gasteiger partial charge in [0.15, 0.2) is 0 Å². The molecule has 0 amide bonds. The lowest BCUT2D eigenvalue weighted by molar-refractivity contribution is 0.215. The summed E-state index contributed by atoms with van der Waals surface area (Å²) in [6, 6.07) is 14.2. The van der Waals surface area contributed by atoms with Gasteiger partial charge in [-0.05, 0) is 36.8 Å². The van der Waals surface area contributed by atoms with Crippen molar-refractivity contribution in [3.63, 3.8) is 0 Å². The Hall–Kier alpha value is -2.85. The van der Waals surface area contributed by atoms with Crippen LogP contribution >= 0.6 is 11.6 Å². The van der Waals surface area contributed by atoms with Crippen LogP contribution in [0.3, 0.4) is 0 Å². The minimum absolute atomic E-state index is 0.295. The van der Waals surface area contributed by atoms with E-state index in [0.29, 0.717) is 16.3 Å². The van der Waals surface area contributed by atoms with E-state index in [0.717, 1.165) is 54.0 Å². The second-order valence-corrected chi connectivity index (χ2v) is 7.79. The van der Waals surface area contributed by atoms with Gasteiger partial charge in [0.05, 0.1) is 16.2 Å². The monoisotopic (exact) mass is 407 g/mol. The molecule has 1 aliphatic rings. The van der Waals surface area contributed by atoms with Crippen molar-refractivity contribution in [2.45, 2.75) is 6.92 Å². The number of hydrogen-bond acceptors (Lipinski definition) is 3. The van der Waals surface area contributed by atoms with Gasteiger partial charge in [-0.3, -0.25) is 0 Å². The van der Waals surface area contributed by atoms with E-state index in [1.54, 1.807) is 12.1 Å². The van der Waals surface area contributed by atoms with Crippen LogP contribution in [0.2, 0.25) is 5.02 Å². The molecule has 0 bridgehead atoms. The average molecular weight is 408 g/mol. The molecule has 0 radical (unpaired) electrons. The lowest BCUT2D eigenvalue weighted by Crippen LogP contribution is -2.44. The molecule has 4 rings (SSSR count). The number of piperazine rings is 1. The van der Waals surface area contributed by atoms with Gasteiger partial charge in [0.2, 0.25) is 0 Å². The molecular weight excluding hydrogens is 385 g/mol. The van der Waals surface area contributed by atoms with Crippen molar-refractivity contribution in [1.82, 2.24) is 14.8 Å². The fraction of sp³-hybridized carbons (Fsp3) is 0.208. The van der Waals surface area contributed by atoms with Crippen LogP contribution in [-0.4, -0.2) is 41.0 Å². The number of halogens is 2. The van der Waals surface area contributed by atoms with E-state index in [-0.39, 0.29) is 5.82 Å². The van der Waals surface area contributed by atoms with Gasteiger partial charge < -0.3 is 9.80 Å². The van der Waals surface area contributed by atoms with Crippen LogP contribution in [0.25, 0.3) is 27.9 Å². The van der Waals surface area contributed by atoms with Crippen molar-refractivity contribution < 1.29 is 4.39 Å². The second kappa shape index (κ2) is 7.88. The minimum Gasteiger partial charge on any atom is -0.372 e. The average Bonchev–Trinajstić information content (AvgIpc) is 2.73. The Kier molecular flexibility index (Phi) is 5.29. The number of fused-ring (bicyclic) bond motifs is 1. The van der Waals surface area contributed by atoms with E-state index in [1.807, 2.05) is 31.2 Å². The first-order valence-electron chi connectivity index (χ1n) is 9.63. The van der Waals surface area contributed by atoms with Gasteiger partial charge in [-0.25, -0.2) is 9.37 Å². The van der Waals surface area contributed by atoms with Gasteiger partial charge in [-0.2, -0.15) is 0 Å². The number of allylic oxidation sites excluding steroid dienone is 1. The summed E-state index contributed by atoms with van der Waals surface area (Å²) >= 11 is 6.50. The highest BCUT2D eigenvalue weighted by Gasteiger charge is 2.19. The summed E-state index contributed by atoms with van der Waals surface area (Å²) in [5.74, 6) is -0.295. The molecule has 1 saturated heterocycles. The van der Waals surface area contributed by atoms with E-state index in [1.165, 1.54) is 12.1 Å². The van der Waals surface area contributed by atoms with Crippen LogP contribution < -0.4 is 0 Å². The predicted molar refractivity (Wildman–Crippen MR) is 119 cm³/mol. The van der Waals surface area contributed by atoms with Gasteiger partial charge in [0, 0.05) is 48.5 Å². The molecule has 3 aromatic rings. The molecule has 3 nitrogen and oxygen atoms in total. The number of aromatic nitrogens is 1. The molecule has 1 aliphatic heterocycles. The van der Waals surface area contributed by atoms with Crippen molar-refractivity contribution in [2.75, 3.05) is 26.2 Å². The Labute approximate surface area is 175 Å². The third-order valence-corrected chi connectivity index (χ3v) is 5.73. The second-order valence-electron chi connectivity index (χ2n) is 7.39. The maximum Gasteiger partial charge on any atom is 0.123 e. The van der Waals surface area contributed by atoms with Crippen LogP contribution in [0, 0.1) is 5.82 Å². The van der Waals surface area contributed by atoms with Crippen molar-refractivity contribution >= 4 is 28.2 Å². The first kappa shape index (κ1) is 19.5. The quantitative estimate of drug-likeness (QED) is 0.543. The van der Waals surface area contributed by atoms with Gasteiger partial charge in [-0.1, -0.05) is 49.0 Å². The van der Waals surface area contributed by atoms with Crippen LogP contribution in [0.5, 0.6) is 0 Å². The summed E-state index contributed by atoms with van der Waals surface area (Å²) < 4.78 is 13.6. The van der Waals surface area contributed by atoms with Crippen molar-refractivity contribution in [3.05, 3.63) is 83.8 Å². The topological polar surface area (TPSA) is 19.4 Å². The predicted octanol–water partition coefficient (Wildman–Crippen LogP) is 5.82. The van der Waals surface area contributed by atoms with Crippen LogP contribution in [0.4, 0.5) is 4.39 Å². The molecule has 1 aromatic heterocycles. The fourth-order valence-corrected chi connectivity index (χ4v) is 3.96. The molecule has 0 spiro atoms. The van der Waals surface area contributed by atoms with Crippen molar-refractivity contribution in [3.8, 4) is 11.3 Å². The first-order valence-corrected chi connectivity index (χ1v) is 10.0. The number of nitrogens with zero attached hydrogens (tertiary/aromatic N) is 3. The molecule has 0 atom stereocenters. The van der Waals surface area contributed by atoms with E-state index in [4.69, 9.17) is 16.6 Å². The molecule has 148 valence electrons. The summed E-state index contributed by atoms with van der Waals surface area (Å²) in [7, 11) is 0. The standard InChI is InChI=1S/C24H23ClFN3/c1-16(2)28-9-11-29(12-10-28)17(3)18-7-8-21-22(25)15-23(27-24(21)14-18)19-5-4-6-20(26)13-19/h4-8,13-15H,1,3,9-12H2,2H3. The molecule has 2 heterocycles. The Bertz CT molecular complexity index is 1100. The molecule has 29 heavy (non-hydrogen) atoms. The number of rotatable bonds is 4. The molecule has 5 heteroatoms. The molecular formula is C24H23ClFN3. The lowest BCUT2D eigenvalue weighted by Gasteiger charge is -2.38. The maximum absolute atomic E-state index is 13.6. The molecule has 0 aliphatic carbocycles. The smallest absolute Gasteiger partial charge is 0.123 e. The summed E-state index contributed by atoms with van der Waals surface area (Å²) in [6.07, 6.45) is 0. The van der Waals surface area contributed by atoms with E-state index < -0.39 is 0 Å². The Morgan fingerprint density at radius 2 is 1.72 bits per heavy atom. The Morgan fingerprint density at radius 1 is 1.00 bits per heavy atom. The largest absolute Gasteiger partial charge is 0.372 e. The van der Waals surface area contributed by atoms with E-state index in [9.17, 15) is 4.39 Å². The lowest BCUT2D eigenvalue weighted by atomic mass is 10.1. The summed E-state index contributed by atoms with van der Waals surface area (Å²) in [5.41, 5.74) is 5.22. The molecule has 0 N–H and O–H groups in total. The fourth-order valence-electron chi connectivity index (χ4n) is 3.70. The van der Waals surface area contributed by atoms with Crippen molar-refractivity contribution in [2.24, 2.45) is 0 Å². The number of hydrogen-bond donors (Lipinski definition) is 0. The SMILES string of the molecule is C=C(C)N1CCN(C(=C)c2ccc3c(Cl)cc(-c4cccc(F)c4)nc3c2)CC1. The maximum atomic E-state index is 13.6. The zero-order valence-electron chi connectivity index (χ0n) is 16.5. The Morgan fingerprint density at radius 3 is 2.41 bits per heavy atom. The van der Waals surface area contributed by atoms with Crippen molar-refractivity contribution in [1.29, 1.82) is 0 Å². The van der Waals surface area contributed by atoms with Crippen LogP contribution in [0.15, 0.2) is 67.4 Å². The summed E-state index contributed by atoms with van der Waals surface area (Å²) in [5, 5.41) is 1.47. The van der Waals surface area contributed by atoms with Crippen LogP contribution in [-0.2, 0) is 0 Å². The molecule has 2 aromatic carbocycles. The highest BCUT2D eigenvalue weighted by Crippen LogP contribution is 2.31. The highest BCUT2D eigenvalue weighted by atomic mass is 35.5. The summed E-state index contributed by atoms with van der Waals surface area (Å²) in [6.45, 7) is 14.1. The zero-order chi connectivity index (χ0) is 20.5. The van der Waals surface area contributed by atoms with E-state index in [2.05, 4.69) is 23.0 Å². The highest BCUT2D eigenvalue weighted by molar-refractivity contribution is 6.35. The third kappa shape index (κ3) is 3.99. The van der Waals surface area contributed by atoms with Gasteiger partial charge in [0.25, 0.3) is 0 Å². The third-order valence-electron chi connectivity index (χ3n) is 5.41. The number of benzene rings is 2. The summed E-state index contributed by atoms with van der Waals surface area (Å²) in [4.78, 5) is 9.32. The van der Waals surface area contributed by atoms with Crippen LogP contribution in [0.1, 0.15) is 12.5 Å². The number of pyridine rings is 1. The normalized spacial score (nSPS) is 14.3.